The van der Waals surface area contributed by atoms with Gasteiger partial charge in [-0.2, -0.15) is 0 Å². The van der Waals surface area contributed by atoms with Crippen molar-refractivity contribution in [2.75, 3.05) is 38.2 Å². The van der Waals surface area contributed by atoms with E-state index in [1.807, 2.05) is 37.3 Å². The molecule has 1 heterocycles. The first-order chi connectivity index (χ1) is 16.0. The topological polar surface area (TPSA) is 70.7 Å². The zero-order valence-electron chi connectivity index (χ0n) is 18.9. The highest BCUT2D eigenvalue weighted by Gasteiger charge is 2.33. The van der Waals surface area contributed by atoms with Crippen LogP contribution in [0.3, 0.4) is 0 Å². The number of ether oxygens (including phenoxy) is 1. The molecule has 33 heavy (non-hydrogen) atoms. The molecule has 0 aliphatic carbocycles. The predicted molar refractivity (Wildman–Crippen MR) is 133 cm³/mol. The van der Waals surface area contributed by atoms with Crippen LogP contribution in [0.5, 0.6) is 0 Å². The number of nitrogens with one attached hydrogen (secondary N) is 2. The van der Waals surface area contributed by atoms with E-state index in [2.05, 4.69) is 15.5 Å². The van der Waals surface area contributed by atoms with Crippen LogP contribution in [0.15, 0.2) is 48.5 Å². The summed E-state index contributed by atoms with van der Waals surface area (Å²) in [6.45, 7) is 5.23. The lowest BCUT2D eigenvalue weighted by Gasteiger charge is -2.36. The van der Waals surface area contributed by atoms with Crippen molar-refractivity contribution in [3.63, 3.8) is 0 Å². The lowest BCUT2D eigenvalue weighted by atomic mass is 9.93. The molecule has 6 nitrogen and oxygen atoms in total. The number of carbonyl (C=O) groups is 2. The van der Waals surface area contributed by atoms with E-state index in [-0.39, 0.29) is 17.7 Å². The minimum Gasteiger partial charge on any atom is -0.382 e. The Labute approximate surface area is 205 Å². The van der Waals surface area contributed by atoms with Crippen LogP contribution in [0, 0.1) is 5.92 Å². The number of nitrogens with zero attached hydrogens (tertiary/aromatic N) is 1. The second kappa shape index (κ2) is 12.9. The van der Waals surface area contributed by atoms with Gasteiger partial charge in [-0.1, -0.05) is 53.5 Å². The third kappa shape index (κ3) is 7.71. The number of likely N-dealkylation sites (tertiary alicyclic amines) is 1. The molecule has 0 saturated carbocycles. The first-order valence-electron chi connectivity index (χ1n) is 11.4. The normalized spacial score (nSPS) is 15.7. The molecular weight excluding hydrogens is 461 g/mol. The third-order valence-corrected chi connectivity index (χ3v) is 6.16. The maximum Gasteiger partial charge on any atom is 0.246 e. The van der Waals surface area contributed by atoms with Crippen molar-refractivity contribution in [2.45, 2.75) is 32.2 Å². The Hall–Kier alpha value is -2.12. The highest BCUT2D eigenvalue weighted by atomic mass is 35.5. The summed E-state index contributed by atoms with van der Waals surface area (Å²) in [6.07, 6.45) is 2.22. The number of halogens is 2. The summed E-state index contributed by atoms with van der Waals surface area (Å²) in [5.74, 6) is -0.113. The van der Waals surface area contributed by atoms with Gasteiger partial charge in [0.15, 0.2) is 0 Å². The molecule has 2 N–H and O–H groups in total. The van der Waals surface area contributed by atoms with Crippen molar-refractivity contribution in [2.24, 2.45) is 5.92 Å². The Balaban J connectivity index is 1.63. The van der Waals surface area contributed by atoms with E-state index in [1.165, 1.54) is 0 Å². The average molecular weight is 492 g/mol. The van der Waals surface area contributed by atoms with Gasteiger partial charge in [-0.3, -0.25) is 14.5 Å². The van der Waals surface area contributed by atoms with Gasteiger partial charge in [0.2, 0.25) is 11.8 Å². The van der Waals surface area contributed by atoms with Crippen LogP contribution in [-0.2, 0) is 14.3 Å². The quantitative estimate of drug-likeness (QED) is 0.462. The zero-order valence-corrected chi connectivity index (χ0v) is 20.4. The molecule has 1 aliphatic heterocycles. The maximum absolute atomic E-state index is 13.3. The van der Waals surface area contributed by atoms with E-state index in [9.17, 15) is 9.59 Å². The summed E-state index contributed by atoms with van der Waals surface area (Å²) in [4.78, 5) is 28.0. The predicted octanol–water partition coefficient (Wildman–Crippen LogP) is 4.93. The van der Waals surface area contributed by atoms with Gasteiger partial charge in [0, 0.05) is 41.4 Å². The van der Waals surface area contributed by atoms with Crippen LogP contribution in [-0.4, -0.2) is 49.6 Å². The van der Waals surface area contributed by atoms with E-state index in [0.29, 0.717) is 61.4 Å². The number of carbonyl (C=O) groups excluding carboxylic acids is 2. The third-order valence-electron chi connectivity index (χ3n) is 5.73. The molecule has 2 aromatic rings. The summed E-state index contributed by atoms with van der Waals surface area (Å²) >= 11 is 12.2. The Morgan fingerprint density at radius 2 is 1.76 bits per heavy atom. The van der Waals surface area contributed by atoms with Gasteiger partial charge in [-0.15, -0.1) is 0 Å². The van der Waals surface area contributed by atoms with Crippen LogP contribution in [0.25, 0.3) is 0 Å². The van der Waals surface area contributed by atoms with Crippen LogP contribution in [0.4, 0.5) is 5.69 Å². The molecule has 1 fully saturated rings. The number of anilines is 1. The van der Waals surface area contributed by atoms with Crippen LogP contribution >= 0.6 is 23.2 Å². The highest BCUT2D eigenvalue weighted by molar-refractivity contribution is 6.35. The van der Waals surface area contributed by atoms with Crippen molar-refractivity contribution in [1.29, 1.82) is 0 Å². The zero-order chi connectivity index (χ0) is 23.6. The number of hydrogen-bond donors (Lipinski definition) is 2. The largest absolute Gasteiger partial charge is 0.382 e. The molecule has 3 rings (SSSR count). The van der Waals surface area contributed by atoms with Crippen LogP contribution < -0.4 is 10.6 Å². The highest BCUT2D eigenvalue weighted by Crippen LogP contribution is 2.29. The minimum atomic E-state index is -0.473. The molecule has 0 radical (unpaired) electrons. The molecular formula is C25H31Cl2N3O3. The molecule has 1 saturated heterocycles. The number of benzene rings is 2. The summed E-state index contributed by atoms with van der Waals surface area (Å²) < 4.78 is 5.31. The number of rotatable bonds is 10. The van der Waals surface area contributed by atoms with Gasteiger partial charge in [-0.25, -0.2) is 0 Å². The summed E-state index contributed by atoms with van der Waals surface area (Å²) in [6, 6.07) is 14.2. The summed E-state index contributed by atoms with van der Waals surface area (Å²) in [7, 11) is 0. The molecule has 0 bridgehead atoms. The van der Waals surface area contributed by atoms with E-state index in [0.717, 1.165) is 12.0 Å². The van der Waals surface area contributed by atoms with E-state index in [4.69, 9.17) is 27.9 Å². The smallest absolute Gasteiger partial charge is 0.246 e. The van der Waals surface area contributed by atoms with Crippen molar-refractivity contribution in [3.05, 3.63) is 64.1 Å². The van der Waals surface area contributed by atoms with Gasteiger partial charge in [0.05, 0.1) is 0 Å². The molecule has 0 aromatic heterocycles. The van der Waals surface area contributed by atoms with Crippen molar-refractivity contribution in [1.82, 2.24) is 10.2 Å². The Bertz CT molecular complexity index is 898. The Kier molecular flexibility index (Phi) is 10.0. The summed E-state index contributed by atoms with van der Waals surface area (Å²) in [5.41, 5.74) is 1.46. The molecule has 1 atom stereocenters. The van der Waals surface area contributed by atoms with E-state index >= 15 is 0 Å². The first-order valence-corrected chi connectivity index (χ1v) is 12.1. The maximum atomic E-state index is 13.3. The van der Waals surface area contributed by atoms with Crippen molar-refractivity contribution in [3.8, 4) is 0 Å². The second-order valence-electron chi connectivity index (χ2n) is 8.11. The Morgan fingerprint density at radius 3 is 2.39 bits per heavy atom. The standard InChI is InChI=1S/C25H31Cl2N3O3/c1-2-33-14-6-11-28-24(31)19-9-12-30(13-10-19)23(18-7-4-3-5-8-18)25(32)29-22-16-20(26)15-21(27)17-22/h3-5,7-8,15-17,19,23H,2,6,9-14H2,1H3,(H,28,31)(H,29,32). The molecule has 2 aromatic carbocycles. The van der Waals surface area contributed by atoms with E-state index in [1.54, 1.807) is 18.2 Å². The molecule has 1 aliphatic rings. The SMILES string of the molecule is CCOCCCNC(=O)C1CCN(C(C(=O)Nc2cc(Cl)cc(Cl)c2)c2ccccc2)CC1. The van der Waals surface area contributed by atoms with Crippen LogP contribution in [0.2, 0.25) is 10.0 Å². The number of amides is 2. The molecule has 8 heteroatoms. The van der Waals surface area contributed by atoms with Gasteiger partial charge in [0.25, 0.3) is 0 Å². The molecule has 178 valence electrons. The molecule has 0 spiro atoms. The van der Waals surface area contributed by atoms with Gasteiger partial charge < -0.3 is 15.4 Å². The minimum absolute atomic E-state index is 0.0421. The fourth-order valence-corrected chi connectivity index (χ4v) is 4.62. The van der Waals surface area contributed by atoms with Gasteiger partial charge >= 0.3 is 0 Å². The van der Waals surface area contributed by atoms with Crippen LogP contribution in [0.1, 0.15) is 37.8 Å². The average Bonchev–Trinajstić information content (AvgIpc) is 2.79. The van der Waals surface area contributed by atoms with Gasteiger partial charge in [-0.05, 0) is 63.0 Å². The lowest BCUT2D eigenvalue weighted by Crippen LogP contribution is -2.45. The van der Waals surface area contributed by atoms with E-state index < -0.39 is 6.04 Å². The fourth-order valence-electron chi connectivity index (χ4n) is 4.09. The lowest BCUT2D eigenvalue weighted by molar-refractivity contribution is -0.127. The first kappa shape index (κ1) is 25.5. The van der Waals surface area contributed by atoms with Crippen molar-refractivity contribution >= 4 is 40.7 Å². The molecule has 1 unspecified atom stereocenters. The van der Waals surface area contributed by atoms with Gasteiger partial charge in [0.1, 0.15) is 6.04 Å². The number of piperidine rings is 1. The summed E-state index contributed by atoms with van der Waals surface area (Å²) in [5, 5.41) is 6.89. The second-order valence-corrected chi connectivity index (χ2v) is 8.99. The fraction of sp³-hybridized carbons (Fsp3) is 0.440. The Morgan fingerprint density at radius 1 is 1.09 bits per heavy atom. The number of hydrogen-bond acceptors (Lipinski definition) is 4. The molecule has 2 amide bonds. The monoisotopic (exact) mass is 491 g/mol. The van der Waals surface area contributed by atoms with Crippen molar-refractivity contribution < 1.29 is 14.3 Å².